The van der Waals surface area contributed by atoms with Gasteiger partial charge in [0.15, 0.2) is 0 Å². The lowest BCUT2D eigenvalue weighted by molar-refractivity contribution is -0.141. The number of carbonyl (C=O) groups is 1. The van der Waals surface area contributed by atoms with Gasteiger partial charge in [0, 0.05) is 44.6 Å². The minimum atomic E-state index is 0.00303. The summed E-state index contributed by atoms with van der Waals surface area (Å²) >= 11 is 0. The van der Waals surface area contributed by atoms with Crippen molar-refractivity contribution in [3.63, 3.8) is 0 Å². The highest BCUT2D eigenvalue weighted by Gasteiger charge is 2.37. The molecule has 1 aromatic heterocycles. The predicted octanol–water partition coefficient (Wildman–Crippen LogP) is 2.80. The van der Waals surface area contributed by atoms with Crippen molar-refractivity contribution >= 4 is 11.9 Å². The Bertz CT molecular complexity index is 634. The molecule has 1 aromatic rings. The molecule has 1 saturated heterocycles. The van der Waals surface area contributed by atoms with Gasteiger partial charge in [0.05, 0.1) is 18.2 Å². The van der Waals surface area contributed by atoms with Crippen LogP contribution in [-0.4, -0.2) is 65.8 Å². The first-order valence-electron chi connectivity index (χ1n) is 10.6. The van der Waals surface area contributed by atoms with Gasteiger partial charge in [-0.3, -0.25) is 4.79 Å². The number of methoxy groups -OCH3 is 1. The number of ether oxygens (including phenoxy) is 2. The van der Waals surface area contributed by atoms with E-state index in [0.717, 1.165) is 57.3 Å². The summed E-state index contributed by atoms with van der Waals surface area (Å²) in [5.74, 6) is 0.962. The smallest absolute Gasteiger partial charge is 0.225 e. The van der Waals surface area contributed by atoms with Crippen LogP contribution in [0.25, 0.3) is 0 Å². The van der Waals surface area contributed by atoms with Crippen LogP contribution >= 0.6 is 0 Å². The Morgan fingerprint density at radius 3 is 2.75 bits per heavy atom. The Morgan fingerprint density at radius 1 is 1.29 bits per heavy atom. The van der Waals surface area contributed by atoms with Gasteiger partial charge in [-0.2, -0.15) is 0 Å². The number of aromatic nitrogens is 2. The first kappa shape index (κ1) is 21.0. The molecule has 2 heterocycles. The molecule has 1 saturated carbocycles. The van der Waals surface area contributed by atoms with Gasteiger partial charge in [-0.25, -0.2) is 9.97 Å². The highest BCUT2D eigenvalue weighted by atomic mass is 16.5. The van der Waals surface area contributed by atoms with Gasteiger partial charge in [-0.15, -0.1) is 0 Å². The van der Waals surface area contributed by atoms with Crippen molar-refractivity contribution in [1.82, 2.24) is 14.9 Å². The molecule has 0 unspecified atom stereocenters. The molecule has 1 aliphatic heterocycles. The number of carbonyl (C=O) groups excluding carboxylic acids is 1. The van der Waals surface area contributed by atoms with Crippen LogP contribution in [-0.2, 0) is 14.3 Å². The number of rotatable bonds is 7. The van der Waals surface area contributed by atoms with Crippen LogP contribution in [0.1, 0.15) is 51.1 Å². The lowest BCUT2D eigenvalue weighted by atomic mass is 9.82. The van der Waals surface area contributed by atoms with Crippen molar-refractivity contribution in [2.24, 2.45) is 5.92 Å². The summed E-state index contributed by atoms with van der Waals surface area (Å²) in [6, 6.07) is 2.02. The first-order chi connectivity index (χ1) is 13.6. The zero-order valence-corrected chi connectivity index (χ0v) is 17.4. The third-order valence-corrected chi connectivity index (χ3v) is 5.87. The molecule has 3 rings (SSSR count). The number of hydrogen-bond donors (Lipinski definition) is 1. The quantitative estimate of drug-likeness (QED) is 0.771. The second-order valence-corrected chi connectivity index (χ2v) is 7.95. The van der Waals surface area contributed by atoms with E-state index in [9.17, 15) is 4.79 Å². The minimum absolute atomic E-state index is 0.00303. The molecule has 0 spiro atoms. The van der Waals surface area contributed by atoms with Crippen molar-refractivity contribution in [2.45, 2.75) is 70.6 Å². The fourth-order valence-corrected chi connectivity index (χ4v) is 4.23. The van der Waals surface area contributed by atoms with Crippen LogP contribution in [0.3, 0.4) is 0 Å². The highest BCUT2D eigenvalue weighted by molar-refractivity contribution is 5.79. The zero-order chi connectivity index (χ0) is 19.9. The lowest BCUT2D eigenvalue weighted by Gasteiger charge is -2.39. The molecule has 1 aliphatic carbocycles. The molecule has 0 bridgehead atoms. The van der Waals surface area contributed by atoms with Crippen molar-refractivity contribution in [3.8, 4) is 0 Å². The van der Waals surface area contributed by atoms with Crippen LogP contribution < -0.4 is 5.32 Å². The normalized spacial score (nSPS) is 26.2. The Kier molecular flexibility index (Phi) is 7.62. The van der Waals surface area contributed by atoms with E-state index in [1.807, 2.05) is 17.9 Å². The molecule has 0 aromatic carbocycles. The first-order valence-corrected chi connectivity index (χ1v) is 10.6. The number of nitrogens with zero attached hydrogens (tertiary/aromatic N) is 3. The van der Waals surface area contributed by atoms with Crippen LogP contribution in [0.5, 0.6) is 0 Å². The molecule has 1 N–H and O–H groups in total. The van der Waals surface area contributed by atoms with Crippen molar-refractivity contribution in [1.29, 1.82) is 0 Å². The van der Waals surface area contributed by atoms with Gasteiger partial charge >= 0.3 is 0 Å². The number of likely N-dealkylation sites (tertiary alicyclic amines) is 1. The average molecular weight is 391 g/mol. The molecule has 0 radical (unpaired) electrons. The Balaban J connectivity index is 1.60. The van der Waals surface area contributed by atoms with Crippen LogP contribution in [0.2, 0.25) is 0 Å². The monoisotopic (exact) mass is 390 g/mol. The summed E-state index contributed by atoms with van der Waals surface area (Å²) in [7, 11) is 1.75. The topological polar surface area (TPSA) is 76.6 Å². The van der Waals surface area contributed by atoms with Gasteiger partial charge in [0.2, 0.25) is 11.9 Å². The van der Waals surface area contributed by atoms with E-state index < -0.39 is 0 Å². The fraction of sp³-hybridized carbons (Fsp3) is 0.762. The summed E-state index contributed by atoms with van der Waals surface area (Å²) in [6.45, 7) is 6.37. The maximum atomic E-state index is 13.1. The summed E-state index contributed by atoms with van der Waals surface area (Å²) in [6.07, 6.45) is 7.40. The second kappa shape index (κ2) is 10.2. The molecule has 7 nitrogen and oxygen atoms in total. The predicted molar refractivity (Wildman–Crippen MR) is 108 cm³/mol. The Labute approximate surface area is 168 Å². The third kappa shape index (κ3) is 5.41. The largest absolute Gasteiger partial charge is 0.381 e. The van der Waals surface area contributed by atoms with E-state index in [1.165, 1.54) is 0 Å². The lowest BCUT2D eigenvalue weighted by Crippen LogP contribution is -2.48. The molecule has 1 amide bonds. The SMILES string of the molecule is CCCO[C@@H]1C[C@@H](C(=O)N2CCC(OC)CC2)CC[C@H]1Nc1nccc(C)n1. The molecule has 156 valence electrons. The van der Waals surface area contributed by atoms with E-state index in [4.69, 9.17) is 9.47 Å². The van der Waals surface area contributed by atoms with Gasteiger partial charge in [-0.1, -0.05) is 6.92 Å². The average Bonchev–Trinajstić information content (AvgIpc) is 2.72. The highest BCUT2D eigenvalue weighted by Crippen LogP contribution is 2.31. The van der Waals surface area contributed by atoms with Gasteiger partial charge in [-0.05, 0) is 51.5 Å². The summed E-state index contributed by atoms with van der Waals surface area (Å²) < 4.78 is 11.6. The Morgan fingerprint density at radius 2 is 2.07 bits per heavy atom. The summed E-state index contributed by atoms with van der Waals surface area (Å²) in [5.41, 5.74) is 0.937. The maximum Gasteiger partial charge on any atom is 0.225 e. The van der Waals surface area contributed by atoms with E-state index in [1.54, 1.807) is 13.3 Å². The van der Waals surface area contributed by atoms with Gasteiger partial charge in [0.1, 0.15) is 0 Å². The third-order valence-electron chi connectivity index (χ3n) is 5.87. The number of piperidine rings is 1. The fourth-order valence-electron chi connectivity index (χ4n) is 4.23. The molecular formula is C21H34N4O3. The van der Waals surface area contributed by atoms with Gasteiger partial charge in [0.25, 0.3) is 0 Å². The molecule has 3 atom stereocenters. The van der Waals surface area contributed by atoms with E-state index in [2.05, 4.69) is 22.2 Å². The standard InChI is InChI=1S/C21H34N4O3/c1-4-13-28-19-14-16(20(26)25-11-8-17(27-3)9-12-25)5-6-18(19)24-21-22-10-7-15(2)23-21/h7,10,16-19H,4-6,8-9,11-14H2,1-3H3,(H,22,23,24)/t16-,18+,19+/m0/s1. The van der Waals surface area contributed by atoms with Crippen molar-refractivity contribution < 1.29 is 14.3 Å². The molecule has 28 heavy (non-hydrogen) atoms. The second-order valence-electron chi connectivity index (χ2n) is 7.95. The van der Waals surface area contributed by atoms with Crippen LogP contribution in [0.15, 0.2) is 12.3 Å². The zero-order valence-electron chi connectivity index (χ0n) is 17.4. The van der Waals surface area contributed by atoms with Crippen LogP contribution in [0, 0.1) is 12.8 Å². The van der Waals surface area contributed by atoms with E-state index in [-0.39, 0.29) is 24.0 Å². The molecule has 2 aliphatic rings. The number of aryl methyl sites for hydroxylation is 1. The van der Waals surface area contributed by atoms with Crippen LogP contribution in [0.4, 0.5) is 5.95 Å². The molecule has 2 fully saturated rings. The molecular weight excluding hydrogens is 356 g/mol. The van der Waals surface area contributed by atoms with E-state index in [0.29, 0.717) is 18.7 Å². The summed E-state index contributed by atoms with van der Waals surface area (Å²) in [5, 5.41) is 3.44. The number of nitrogens with one attached hydrogen (secondary N) is 1. The number of amides is 1. The number of anilines is 1. The maximum absolute atomic E-state index is 13.1. The van der Waals surface area contributed by atoms with Crippen molar-refractivity contribution in [2.75, 3.05) is 32.1 Å². The summed E-state index contributed by atoms with van der Waals surface area (Å²) in [4.78, 5) is 23.9. The molecule has 7 heteroatoms. The van der Waals surface area contributed by atoms with Crippen molar-refractivity contribution in [3.05, 3.63) is 18.0 Å². The van der Waals surface area contributed by atoms with Gasteiger partial charge < -0.3 is 19.7 Å². The minimum Gasteiger partial charge on any atom is -0.381 e. The number of hydrogen-bond acceptors (Lipinski definition) is 6. The Hall–Kier alpha value is -1.73. The van der Waals surface area contributed by atoms with E-state index >= 15 is 0 Å².